The van der Waals surface area contributed by atoms with E-state index in [4.69, 9.17) is 10.5 Å². The number of methoxy groups -OCH3 is 1. The number of ketones is 1. The highest BCUT2D eigenvalue weighted by Crippen LogP contribution is 2.26. The van der Waals surface area contributed by atoms with Gasteiger partial charge in [0.05, 0.1) is 24.6 Å². The summed E-state index contributed by atoms with van der Waals surface area (Å²) in [7, 11) is 1.56. The number of hydrogen-bond acceptors (Lipinski definition) is 5. The molecular formula is C22H22N4O3. The van der Waals surface area contributed by atoms with Gasteiger partial charge >= 0.3 is 0 Å². The molecule has 1 unspecified atom stereocenters. The topological polar surface area (TPSA) is 90.5 Å². The molecule has 0 bridgehead atoms. The molecule has 1 saturated heterocycles. The van der Waals surface area contributed by atoms with Crippen LogP contribution in [0, 0.1) is 5.92 Å². The van der Waals surface area contributed by atoms with Gasteiger partial charge < -0.3 is 15.4 Å². The van der Waals surface area contributed by atoms with E-state index >= 15 is 0 Å². The van der Waals surface area contributed by atoms with Crippen LogP contribution in [0.1, 0.15) is 27.1 Å². The number of likely N-dealkylation sites (tertiary alicyclic amines) is 1. The Morgan fingerprint density at radius 1 is 1.14 bits per heavy atom. The number of nitrogens with two attached hydrogens (primary N) is 1. The summed E-state index contributed by atoms with van der Waals surface area (Å²) in [6, 6.07) is 16.5. The van der Waals surface area contributed by atoms with Crippen molar-refractivity contribution in [3.63, 3.8) is 0 Å². The molecule has 1 aliphatic heterocycles. The first-order valence-electron chi connectivity index (χ1n) is 9.45. The number of para-hydroxylation sites is 1. The third-order valence-electron chi connectivity index (χ3n) is 5.24. The van der Waals surface area contributed by atoms with E-state index in [0.29, 0.717) is 42.2 Å². The summed E-state index contributed by atoms with van der Waals surface area (Å²) in [5, 5.41) is 4.28. The predicted molar refractivity (Wildman–Crippen MR) is 109 cm³/mol. The molecule has 2 aromatic carbocycles. The molecule has 2 N–H and O–H groups in total. The fraction of sp³-hybridized carbons (Fsp3) is 0.227. The zero-order valence-corrected chi connectivity index (χ0v) is 16.1. The van der Waals surface area contributed by atoms with Crippen LogP contribution >= 0.6 is 0 Å². The summed E-state index contributed by atoms with van der Waals surface area (Å²) in [4.78, 5) is 27.5. The highest BCUT2D eigenvalue weighted by Gasteiger charge is 2.33. The minimum Gasteiger partial charge on any atom is -0.497 e. The van der Waals surface area contributed by atoms with Gasteiger partial charge in [0, 0.05) is 24.6 Å². The molecular weight excluding hydrogens is 368 g/mol. The average Bonchev–Trinajstić information content (AvgIpc) is 3.40. The van der Waals surface area contributed by atoms with E-state index in [1.165, 1.54) is 6.20 Å². The molecule has 148 valence electrons. The van der Waals surface area contributed by atoms with Gasteiger partial charge in [-0.3, -0.25) is 9.59 Å². The van der Waals surface area contributed by atoms with Gasteiger partial charge in [-0.05, 0) is 36.8 Å². The number of rotatable bonds is 5. The van der Waals surface area contributed by atoms with E-state index in [-0.39, 0.29) is 17.6 Å². The molecule has 1 aliphatic rings. The Labute approximate surface area is 168 Å². The van der Waals surface area contributed by atoms with Crippen molar-refractivity contribution in [3.8, 4) is 11.4 Å². The van der Waals surface area contributed by atoms with Crippen LogP contribution in [0.2, 0.25) is 0 Å². The highest BCUT2D eigenvalue weighted by atomic mass is 16.5. The lowest BCUT2D eigenvalue weighted by Gasteiger charge is -2.16. The van der Waals surface area contributed by atoms with Gasteiger partial charge in [0.25, 0.3) is 5.91 Å². The first-order valence-corrected chi connectivity index (χ1v) is 9.45. The van der Waals surface area contributed by atoms with Crippen molar-refractivity contribution in [2.24, 2.45) is 5.92 Å². The smallest absolute Gasteiger partial charge is 0.254 e. The number of carbonyl (C=O) groups excluding carboxylic acids is 2. The zero-order valence-electron chi connectivity index (χ0n) is 16.1. The lowest BCUT2D eigenvalue weighted by molar-refractivity contribution is 0.0780. The lowest BCUT2D eigenvalue weighted by Crippen LogP contribution is -2.30. The number of ether oxygens (including phenoxy) is 1. The fourth-order valence-electron chi connectivity index (χ4n) is 3.64. The standard InChI is InChI=1S/C22H22N4O3/c1-29-18-9-5-6-15(12-18)22(28)25-11-10-16(14-25)20(27)19-13-24-26(21(19)23)17-7-3-2-4-8-17/h2-9,12-13,16H,10-11,14,23H2,1H3. The lowest BCUT2D eigenvalue weighted by atomic mass is 9.98. The Balaban J connectivity index is 1.49. The summed E-state index contributed by atoms with van der Waals surface area (Å²) in [5.41, 5.74) is 7.95. The normalized spacial score (nSPS) is 16.0. The van der Waals surface area contributed by atoms with Crippen LogP contribution in [0.15, 0.2) is 60.8 Å². The zero-order chi connectivity index (χ0) is 20.4. The quantitative estimate of drug-likeness (QED) is 0.677. The molecule has 29 heavy (non-hydrogen) atoms. The summed E-state index contributed by atoms with van der Waals surface area (Å²) in [6.45, 7) is 0.893. The molecule has 1 aromatic heterocycles. The fourth-order valence-corrected chi connectivity index (χ4v) is 3.64. The Morgan fingerprint density at radius 3 is 2.69 bits per heavy atom. The van der Waals surface area contributed by atoms with Crippen LogP contribution in [-0.2, 0) is 0 Å². The number of nitrogen functional groups attached to an aromatic ring is 1. The van der Waals surface area contributed by atoms with Crippen molar-refractivity contribution in [1.82, 2.24) is 14.7 Å². The highest BCUT2D eigenvalue weighted by molar-refractivity contribution is 6.03. The molecule has 1 amide bonds. The third-order valence-corrected chi connectivity index (χ3v) is 5.24. The molecule has 0 saturated carbocycles. The molecule has 3 aromatic rings. The van der Waals surface area contributed by atoms with Crippen molar-refractivity contribution in [2.45, 2.75) is 6.42 Å². The number of anilines is 1. The van der Waals surface area contributed by atoms with Crippen LogP contribution in [-0.4, -0.2) is 46.6 Å². The number of benzene rings is 2. The molecule has 1 fully saturated rings. The van der Waals surface area contributed by atoms with E-state index in [0.717, 1.165) is 5.69 Å². The molecule has 0 radical (unpaired) electrons. The van der Waals surface area contributed by atoms with E-state index in [1.807, 2.05) is 30.3 Å². The van der Waals surface area contributed by atoms with Gasteiger partial charge in [-0.15, -0.1) is 0 Å². The molecule has 7 nitrogen and oxygen atoms in total. The SMILES string of the molecule is COc1cccc(C(=O)N2CCC(C(=O)c3cnn(-c4ccccc4)c3N)C2)c1. The van der Waals surface area contributed by atoms with E-state index in [9.17, 15) is 9.59 Å². The van der Waals surface area contributed by atoms with Gasteiger partial charge in [-0.25, -0.2) is 4.68 Å². The predicted octanol–water partition coefficient (Wildman–Crippen LogP) is 2.81. The minimum absolute atomic E-state index is 0.0781. The number of aromatic nitrogens is 2. The van der Waals surface area contributed by atoms with Crippen LogP contribution in [0.5, 0.6) is 5.75 Å². The Bertz CT molecular complexity index is 1050. The third kappa shape index (κ3) is 3.59. The second-order valence-corrected chi connectivity index (χ2v) is 7.02. The van der Waals surface area contributed by atoms with Crippen molar-refractivity contribution >= 4 is 17.5 Å². The maximum Gasteiger partial charge on any atom is 0.254 e. The Morgan fingerprint density at radius 2 is 1.93 bits per heavy atom. The molecule has 0 aliphatic carbocycles. The van der Waals surface area contributed by atoms with Gasteiger partial charge in [0.2, 0.25) is 0 Å². The van der Waals surface area contributed by atoms with Crippen molar-refractivity contribution in [1.29, 1.82) is 0 Å². The number of carbonyl (C=O) groups is 2. The summed E-state index contributed by atoms with van der Waals surface area (Å²) < 4.78 is 6.75. The van der Waals surface area contributed by atoms with E-state index < -0.39 is 0 Å². The number of amides is 1. The van der Waals surface area contributed by atoms with Crippen LogP contribution in [0.3, 0.4) is 0 Å². The summed E-state index contributed by atoms with van der Waals surface area (Å²) >= 11 is 0. The van der Waals surface area contributed by atoms with Crippen LogP contribution in [0.4, 0.5) is 5.82 Å². The number of nitrogens with zero attached hydrogens (tertiary/aromatic N) is 3. The summed E-state index contributed by atoms with van der Waals surface area (Å²) in [5.74, 6) is 0.473. The average molecular weight is 390 g/mol. The van der Waals surface area contributed by atoms with Crippen LogP contribution in [0.25, 0.3) is 5.69 Å². The van der Waals surface area contributed by atoms with Crippen molar-refractivity contribution in [3.05, 3.63) is 71.9 Å². The van der Waals surface area contributed by atoms with Crippen LogP contribution < -0.4 is 10.5 Å². The first-order chi connectivity index (χ1) is 14.1. The number of hydrogen-bond donors (Lipinski definition) is 1. The maximum absolute atomic E-state index is 13.0. The first kappa shape index (κ1) is 18.7. The van der Waals surface area contributed by atoms with Crippen molar-refractivity contribution in [2.75, 3.05) is 25.9 Å². The second-order valence-electron chi connectivity index (χ2n) is 7.02. The molecule has 0 spiro atoms. The molecule has 7 heteroatoms. The minimum atomic E-state index is -0.291. The summed E-state index contributed by atoms with van der Waals surface area (Å²) in [6.07, 6.45) is 2.11. The van der Waals surface area contributed by atoms with E-state index in [1.54, 1.807) is 41.0 Å². The van der Waals surface area contributed by atoms with Gasteiger partial charge in [0.15, 0.2) is 5.78 Å². The van der Waals surface area contributed by atoms with Gasteiger partial charge in [-0.2, -0.15) is 5.10 Å². The Hall–Kier alpha value is -3.61. The van der Waals surface area contributed by atoms with Crippen molar-refractivity contribution < 1.29 is 14.3 Å². The monoisotopic (exact) mass is 390 g/mol. The Kier molecular flexibility index (Phi) is 5.03. The van der Waals surface area contributed by atoms with Gasteiger partial charge in [0.1, 0.15) is 11.6 Å². The molecule has 4 rings (SSSR count). The van der Waals surface area contributed by atoms with E-state index in [2.05, 4.69) is 5.10 Å². The molecule has 1 atom stereocenters. The largest absolute Gasteiger partial charge is 0.497 e. The molecule has 2 heterocycles. The second kappa shape index (κ2) is 7.79. The van der Waals surface area contributed by atoms with Gasteiger partial charge in [-0.1, -0.05) is 24.3 Å². The number of Topliss-reactive ketones (excluding diaryl/α,β-unsaturated/α-hetero) is 1. The maximum atomic E-state index is 13.0.